The van der Waals surface area contributed by atoms with Gasteiger partial charge in [-0.1, -0.05) is 11.2 Å². The Balaban J connectivity index is 2.32. The first-order chi connectivity index (χ1) is 1.73. The van der Waals surface area contributed by atoms with Crippen LogP contribution in [0.5, 0.6) is 0 Å². The topological polar surface area (TPSA) is 52.0 Å². The standard InChI is InChI=1S/ClH4N2P/c1-4(2)3/h2-3H2. The minimum Gasteiger partial charge on any atom is -0.285 e. The van der Waals surface area contributed by atoms with E-state index < -0.39 is 7.58 Å². The smallest absolute Gasteiger partial charge is 0.129 e. The lowest BCUT2D eigenvalue weighted by Crippen LogP contribution is -1.87. The minimum atomic E-state index is -1.15. The van der Waals surface area contributed by atoms with E-state index in [0.29, 0.717) is 0 Å². The zero-order valence-corrected chi connectivity index (χ0v) is 3.63. The molecule has 0 aliphatic heterocycles. The summed E-state index contributed by atoms with van der Waals surface area (Å²) in [5.74, 6) is 0. The Morgan fingerprint density at radius 3 is 1.50 bits per heavy atom. The molecule has 0 atom stereocenters. The highest BCUT2D eigenvalue weighted by molar-refractivity contribution is 7.80. The van der Waals surface area contributed by atoms with Gasteiger partial charge < -0.3 is 0 Å². The first-order valence-electron chi connectivity index (χ1n) is 0.685. The lowest BCUT2D eigenvalue weighted by atomic mass is 13.9. The Labute approximate surface area is 30.8 Å². The molecule has 0 aliphatic carbocycles. The van der Waals surface area contributed by atoms with Crippen LogP contribution in [0.3, 0.4) is 0 Å². The lowest BCUT2D eigenvalue weighted by Gasteiger charge is -1.78. The van der Waals surface area contributed by atoms with Gasteiger partial charge in [0.15, 0.2) is 0 Å². The molecule has 0 saturated carbocycles. The van der Waals surface area contributed by atoms with Crippen molar-refractivity contribution >= 4 is 18.8 Å². The summed E-state index contributed by atoms with van der Waals surface area (Å²) < 4.78 is 0. The number of halogens is 1. The van der Waals surface area contributed by atoms with Crippen molar-refractivity contribution in [1.29, 1.82) is 0 Å². The summed E-state index contributed by atoms with van der Waals surface area (Å²) in [6.45, 7) is 0. The molecule has 0 saturated heterocycles. The third-order valence-electron chi connectivity index (χ3n) is 0. The Morgan fingerprint density at radius 1 is 1.50 bits per heavy atom. The summed E-state index contributed by atoms with van der Waals surface area (Å²) in [5, 5.41) is 0. The van der Waals surface area contributed by atoms with Crippen LogP contribution in [0.2, 0.25) is 0 Å². The molecule has 4 N–H and O–H groups in total. The second kappa shape index (κ2) is 1.91. The van der Waals surface area contributed by atoms with Gasteiger partial charge in [-0.25, -0.2) is 0 Å². The summed E-state index contributed by atoms with van der Waals surface area (Å²) in [6, 6.07) is 0. The second-order valence-electron chi connectivity index (χ2n) is 0.344. The zero-order chi connectivity index (χ0) is 3.58. The third kappa shape index (κ3) is 17.3. The van der Waals surface area contributed by atoms with Gasteiger partial charge in [-0.3, -0.25) is 11.0 Å². The normalized spacial score (nSPS) is 9.00. The van der Waals surface area contributed by atoms with Crippen LogP contribution < -0.4 is 11.0 Å². The average Bonchev–Trinajstić information content (AvgIpc) is 0.811. The first-order valence-corrected chi connectivity index (χ1v) is 3.07. The van der Waals surface area contributed by atoms with Gasteiger partial charge in [0.2, 0.25) is 0 Å². The summed E-state index contributed by atoms with van der Waals surface area (Å²) in [7, 11) is -1.15. The molecule has 0 rings (SSSR count). The van der Waals surface area contributed by atoms with E-state index in [0.717, 1.165) is 0 Å². The third-order valence-corrected chi connectivity index (χ3v) is 0. The van der Waals surface area contributed by atoms with Crippen molar-refractivity contribution in [3.63, 3.8) is 0 Å². The predicted octanol–water partition coefficient (Wildman–Crippen LogP) is 0.370. The molecule has 0 bridgehead atoms. The van der Waals surface area contributed by atoms with Crippen molar-refractivity contribution in [3.8, 4) is 0 Å². The fourth-order valence-corrected chi connectivity index (χ4v) is 0. The van der Waals surface area contributed by atoms with E-state index in [1.54, 1.807) is 0 Å². The Bertz CT molecular complexity index is 10.8. The second-order valence-corrected chi connectivity index (χ2v) is 2.20. The minimum absolute atomic E-state index is 1.15. The number of nitrogens with two attached hydrogens (primary N) is 2. The monoisotopic (exact) mass is 98.0 g/mol. The molecule has 0 unspecified atom stereocenters. The van der Waals surface area contributed by atoms with Crippen LogP contribution in [0.1, 0.15) is 0 Å². The summed E-state index contributed by atoms with van der Waals surface area (Å²) in [5.41, 5.74) is 9.44. The van der Waals surface area contributed by atoms with E-state index in [1.165, 1.54) is 0 Å². The van der Waals surface area contributed by atoms with E-state index in [-0.39, 0.29) is 0 Å². The molecule has 4 heteroatoms. The van der Waals surface area contributed by atoms with Crippen LogP contribution in [0.4, 0.5) is 0 Å². The molecule has 0 aromatic heterocycles. The van der Waals surface area contributed by atoms with E-state index in [2.05, 4.69) is 0 Å². The van der Waals surface area contributed by atoms with Gasteiger partial charge in [-0.2, -0.15) is 0 Å². The molecule has 0 radical (unpaired) electrons. The van der Waals surface area contributed by atoms with E-state index in [9.17, 15) is 0 Å². The maximum atomic E-state index is 4.90. The maximum absolute atomic E-state index is 4.90. The molecule has 4 heavy (non-hydrogen) atoms. The molecule has 0 amide bonds. The SMILES string of the molecule is NP(N)Cl. The van der Waals surface area contributed by atoms with Crippen molar-refractivity contribution in [2.24, 2.45) is 11.0 Å². The van der Waals surface area contributed by atoms with Crippen molar-refractivity contribution in [2.75, 3.05) is 0 Å². The molecular weight excluding hydrogens is 94.4 g/mol. The van der Waals surface area contributed by atoms with Gasteiger partial charge in [0, 0.05) is 0 Å². The van der Waals surface area contributed by atoms with Crippen molar-refractivity contribution in [1.82, 2.24) is 0 Å². The summed E-state index contributed by atoms with van der Waals surface area (Å²) >= 11 is 4.90. The average molecular weight is 98.5 g/mol. The first kappa shape index (κ1) is 4.64. The molecule has 26 valence electrons. The van der Waals surface area contributed by atoms with Crippen molar-refractivity contribution in [3.05, 3.63) is 0 Å². The number of hydrogen-bond donors (Lipinski definition) is 2. The van der Waals surface area contributed by atoms with Crippen molar-refractivity contribution < 1.29 is 0 Å². The van der Waals surface area contributed by atoms with Gasteiger partial charge in [-0.15, -0.1) is 0 Å². The van der Waals surface area contributed by atoms with Crippen LogP contribution >= 0.6 is 18.8 Å². The lowest BCUT2D eigenvalue weighted by molar-refractivity contribution is 1.85. The van der Waals surface area contributed by atoms with Crippen LogP contribution in [-0.2, 0) is 0 Å². The molecule has 0 heterocycles. The van der Waals surface area contributed by atoms with Crippen LogP contribution in [0.25, 0.3) is 0 Å². The van der Waals surface area contributed by atoms with Gasteiger partial charge in [-0.05, 0) is 0 Å². The maximum Gasteiger partial charge on any atom is 0.129 e. The van der Waals surface area contributed by atoms with Gasteiger partial charge >= 0.3 is 0 Å². The van der Waals surface area contributed by atoms with Crippen LogP contribution in [0, 0.1) is 0 Å². The van der Waals surface area contributed by atoms with Gasteiger partial charge in [0.1, 0.15) is 7.58 Å². The van der Waals surface area contributed by atoms with Crippen LogP contribution in [0.15, 0.2) is 0 Å². The Hall–Kier alpha value is 0.640. The number of hydrogen-bond acceptors (Lipinski definition) is 2. The molecule has 0 aromatic carbocycles. The van der Waals surface area contributed by atoms with Gasteiger partial charge in [0.05, 0.1) is 0 Å². The molecule has 0 aliphatic rings. The highest BCUT2D eigenvalue weighted by atomic mass is 35.7. The largest absolute Gasteiger partial charge is 0.285 e. The number of rotatable bonds is 0. The fraction of sp³-hybridized carbons (Fsp3) is 0. The van der Waals surface area contributed by atoms with Crippen molar-refractivity contribution in [2.45, 2.75) is 0 Å². The fourth-order valence-electron chi connectivity index (χ4n) is 0. The molecule has 0 spiro atoms. The van der Waals surface area contributed by atoms with Crippen LogP contribution in [-0.4, -0.2) is 0 Å². The highest BCUT2D eigenvalue weighted by Crippen LogP contribution is 2.17. The molecule has 0 aromatic rings. The van der Waals surface area contributed by atoms with E-state index >= 15 is 0 Å². The molecular formula is H4ClN2P. The predicted molar refractivity (Wildman–Crippen MR) is 21.1 cm³/mol. The zero-order valence-electron chi connectivity index (χ0n) is 1.98. The quantitative estimate of drug-likeness (QED) is 0.430. The van der Waals surface area contributed by atoms with Gasteiger partial charge in [0.25, 0.3) is 0 Å². The molecule has 0 fully saturated rings. The Morgan fingerprint density at radius 2 is 1.50 bits per heavy atom. The highest BCUT2D eigenvalue weighted by Gasteiger charge is 1.70. The summed E-state index contributed by atoms with van der Waals surface area (Å²) in [6.07, 6.45) is 0. The Kier molecular flexibility index (Phi) is 2.22. The summed E-state index contributed by atoms with van der Waals surface area (Å²) in [4.78, 5) is 0. The molecule has 2 nitrogen and oxygen atoms in total. The van der Waals surface area contributed by atoms with E-state index in [1.807, 2.05) is 0 Å². The van der Waals surface area contributed by atoms with E-state index in [4.69, 9.17) is 22.2 Å².